The summed E-state index contributed by atoms with van der Waals surface area (Å²) in [5.74, 6) is -0.915. The predicted molar refractivity (Wildman–Crippen MR) is 61.4 cm³/mol. The number of aromatic carboxylic acids is 1. The second-order valence-corrected chi connectivity index (χ2v) is 3.67. The highest BCUT2D eigenvalue weighted by molar-refractivity contribution is 5.87. The summed E-state index contributed by atoms with van der Waals surface area (Å²) in [7, 11) is 0. The normalized spacial score (nSPS) is 12.4. The van der Waals surface area contributed by atoms with E-state index in [0.29, 0.717) is 6.54 Å². The molecule has 0 amide bonds. The number of nitrogens with one attached hydrogen (secondary N) is 1. The van der Waals surface area contributed by atoms with Crippen molar-refractivity contribution in [1.29, 1.82) is 0 Å². The highest BCUT2D eigenvalue weighted by Gasteiger charge is 2.04. The van der Waals surface area contributed by atoms with E-state index >= 15 is 0 Å². The van der Waals surface area contributed by atoms with Crippen LogP contribution in [-0.4, -0.2) is 28.8 Å². The van der Waals surface area contributed by atoms with Crippen LogP contribution in [0.4, 0.5) is 0 Å². The molecule has 0 saturated heterocycles. The zero-order valence-corrected chi connectivity index (χ0v) is 9.31. The molecule has 16 heavy (non-hydrogen) atoms. The van der Waals surface area contributed by atoms with Gasteiger partial charge in [-0.3, -0.25) is 0 Å². The first kappa shape index (κ1) is 12.7. The molecule has 0 aliphatic carbocycles. The number of hydrogen-bond donors (Lipinski definition) is 3. The molecule has 0 aromatic heterocycles. The first-order valence-electron chi connectivity index (χ1n) is 5.33. The zero-order chi connectivity index (χ0) is 12.0. The molecular formula is C12H17NO3. The largest absolute Gasteiger partial charge is 0.478 e. The fourth-order valence-corrected chi connectivity index (χ4v) is 1.37. The molecule has 88 valence electrons. The molecule has 0 saturated carbocycles. The minimum absolute atomic E-state index is 0.0964. The number of aliphatic hydroxyl groups is 1. The Labute approximate surface area is 94.9 Å². The predicted octanol–water partition coefficient (Wildman–Crippen LogP) is 1.25. The van der Waals surface area contributed by atoms with Crippen LogP contribution >= 0.6 is 0 Å². The first-order valence-corrected chi connectivity index (χ1v) is 5.33. The second-order valence-electron chi connectivity index (χ2n) is 3.67. The third-order valence-corrected chi connectivity index (χ3v) is 2.51. The minimum atomic E-state index is -0.915. The van der Waals surface area contributed by atoms with E-state index in [2.05, 4.69) is 5.32 Å². The van der Waals surface area contributed by atoms with Crippen LogP contribution in [0.25, 0.3) is 0 Å². The average Bonchev–Trinajstić information content (AvgIpc) is 2.31. The van der Waals surface area contributed by atoms with Crippen molar-refractivity contribution in [3.63, 3.8) is 0 Å². The molecule has 3 N–H and O–H groups in total. The second kappa shape index (κ2) is 6.25. The van der Waals surface area contributed by atoms with Crippen LogP contribution in [0.3, 0.4) is 0 Å². The molecule has 0 unspecified atom stereocenters. The van der Waals surface area contributed by atoms with Crippen molar-refractivity contribution >= 4 is 5.97 Å². The van der Waals surface area contributed by atoms with Gasteiger partial charge in [0.25, 0.3) is 0 Å². The third kappa shape index (κ3) is 3.64. The number of carboxylic acids is 1. The van der Waals surface area contributed by atoms with Crippen molar-refractivity contribution in [2.75, 3.05) is 6.61 Å². The van der Waals surface area contributed by atoms with Gasteiger partial charge < -0.3 is 15.5 Å². The van der Waals surface area contributed by atoms with E-state index in [1.165, 1.54) is 0 Å². The molecule has 0 spiro atoms. The fraction of sp³-hybridized carbons (Fsp3) is 0.417. The maximum absolute atomic E-state index is 10.6. The lowest BCUT2D eigenvalue weighted by Crippen LogP contribution is -2.31. The Morgan fingerprint density at radius 1 is 1.38 bits per heavy atom. The van der Waals surface area contributed by atoms with Crippen molar-refractivity contribution in [3.05, 3.63) is 35.4 Å². The number of carboxylic acid groups (broad SMARTS) is 1. The maximum Gasteiger partial charge on any atom is 0.335 e. The lowest BCUT2D eigenvalue weighted by atomic mass is 10.1. The Morgan fingerprint density at radius 3 is 2.44 bits per heavy atom. The Kier molecular flexibility index (Phi) is 4.95. The van der Waals surface area contributed by atoms with Crippen LogP contribution in [0.15, 0.2) is 24.3 Å². The standard InChI is InChI=1S/C12H17NO3/c1-2-11(8-14)13-7-9-3-5-10(6-4-9)12(15)16/h3-6,11,13-14H,2,7-8H2,1H3,(H,15,16)/t11-/m1/s1. The van der Waals surface area contributed by atoms with Gasteiger partial charge in [-0.25, -0.2) is 4.79 Å². The Bertz CT molecular complexity index is 331. The third-order valence-electron chi connectivity index (χ3n) is 2.51. The molecule has 1 rings (SSSR count). The van der Waals surface area contributed by atoms with Crippen LogP contribution in [0, 0.1) is 0 Å². The number of rotatable bonds is 6. The van der Waals surface area contributed by atoms with Crippen LogP contribution in [-0.2, 0) is 6.54 Å². The van der Waals surface area contributed by atoms with Gasteiger partial charge in [0.05, 0.1) is 12.2 Å². The molecule has 1 aromatic carbocycles. The summed E-state index contributed by atoms with van der Waals surface area (Å²) in [6.45, 7) is 2.75. The summed E-state index contributed by atoms with van der Waals surface area (Å²) >= 11 is 0. The molecule has 1 atom stereocenters. The smallest absolute Gasteiger partial charge is 0.335 e. The van der Waals surface area contributed by atoms with Gasteiger partial charge in [-0.2, -0.15) is 0 Å². The Morgan fingerprint density at radius 2 is 2.00 bits per heavy atom. The molecular weight excluding hydrogens is 206 g/mol. The topological polar surface area (TPSA) is 69.6 Å². The average molecular weight is 223 g/mol. The van der Waals surface area contributed by atoms with Gasteiger partial charge in [0.15, 0.2) is 0 Å². The summed E-state index contributed by atoms with van der Waals surface area (Å²) in [5.41, 5.74) is 1.30. The lowest BCUT2D eigenvalue weighted by molar-refractivity contribution is 0.0697. The highest BCUT2D eigenvalue weighted by atomic mass is 16.4. The zero-order valence-electron chi connectivity index (χ0n) is 9.31. The maximum atomic E-state index is 10.6. The van der Waals surface area contributed by atoms with Crippen molar-refractivity contribution < 1.29 is 15.0 Å². The van der Waals surface area contributed by atoms with E-state index in [9.17, 15) is 4.79 Å². The Hall–Kier alpha value is -1.39. The number of carbonyl (C=O) groups is 1. The van der Waals surface area contributed by atoms with E-state index < -0.39 is 5.97 Å². The molecule has 0 radical (unpaired) electrons. The number of aliphatic hydroxyl groups excluding tert-OH is 1. The van der Waals surface area contributed by atoms with Gasteiger partial charge in [-0.1, -0.05) is 19.1 Å². The quantitative estimate of drug-likeness (QED) is 0.678. The van der Waals surface area contributed by atoms with Gasteiger partial charge in [-0.05, 0) is 24.1 Å². The summed E-state index contributed by atoms with van der Waals surface area (Å²) in [6, 6.07) is 6.82. The van der Waals surface area contributed by atoms with E-state index in [4.69, 9.17) is 10.2 Å². The summed E-state index contributed by atoms with van der Waals surface area (Å²) in [5, 5.41) is 20.9. The van der Waals surface area contributed by atoms with Crippen LogP contribution in [0.2, 0.25) is 0 Å². The molecule has 0 fully saturated rings. The first-order chi connectivity index (χ1) is 7.67. The van der Waals surface area contributed by atoms with E-state index in [1.54, 1.807) is 24.3 Å². The summed E-state index contributed by atoms with van der Waals surface area (Å²) in [4.78, 5) is 10.6. The van der Waals surface area contributed by atoms with Crippen LogP contribution < -0.4 is 5.32 Å². The van der Waals surface area contributed by atoms with Crippen molar-refractivity contribution in [2.24, 2.45) is 0 Å². The molecule has 0 bridgehead atoms. The lowest BCUT2D eigenvalue weighted by Gasteiger charge is -2.13. The number of hydrogen-bond acceptors (Lipinski definition) is 3. The molecule has 0 aliphatic rings. The molecule has 4 heteroatoms. The minimum Gasteiger partial charge on any atom is -0.478 e. The highest BCUT2D eigenvalue weighted by Crippen LogP contribution is 2.04. The molecule has 0 aliphatic heterocycles. The molecule has 1 aromatic rings. The van der Waals surface area contributed by atoms with E-state index in [1.807, 2.05) is 6.92 Å². The number of benzene rings is 1. The van der Waals surface area contributed by atoms with Crippen molar-refractivity contribution in [3.8, 4) is 0 Å². The molecule has 0 heterocycles. The fourth-order valence-electron chi connectivity index (χ4n) is 1.37. The SMILES string of the molecule is CC[C@H](CO)NCc1ccc(C(=O)O)cc1. The van der Waals surface area contributed by atoms with Gasteiger partial charge in [0.2, 0.25) is 0 Å². The van der Waals surface area contributed by atoms with Crippen molar-refractivity contribution in [2.45, 2.75) is 25.9 Å². The summed E-state index contributed by atoms with van der Waals surface area (Å²) < 4.78 is 0. The van der Waals surface area contributed by atoms with Crippen LogP contribution in [0.5, 0.6) is 0 Å². The van der Waals surface area contributed by atoms with Gasteiger partial charge in [-0.15, -0.1) is 0 Å². The van der Waals surface area contributed by atoms with Gasteiger partial charge in [0, 0.05) is 12.6 Å². The van der Waals surface area contributed by atoms with E-state index in [-0.39, 0.29) is 18.2 Å². The van der Waals surface area contributed by atoms with E-state index in [0.717, 1.165) is 12.0 Å². The monoisotopic (exact) mass is 223 g/mol. The van der Waals surface area contributed by atoms with Gasteiger partial charge >= 0.3 is 5.97 Å². The van der Waals surface area contributed by atoms with Crippen molar-refractivity contribution in [1.82, 2.24) is 5.32 Å². The molecule has 4 nitrogen and oxygen atoms in total. The van der Waals surface area contributed by atoms with Gasteiger partial charge in [0.1, 0.15) is 0 Å². The Balaban J connectivity index is 2.52. The van der Waals surface area contributed by atoms with Crippen LogP contribution in [0.1, 0.15) is 29.3 Å². The summed E-state index contributed by atoms with van der Waals surface area (Å²) in [6.07, 6.45) is 0.865.